The Balaban J connectivity index is 1.41. The van der Waals surface area contributed by atoms with Gasteiger partial charge in [-0.05, 0) is 49.4 Å². The highest BCUT2D eigenvalue weighted by molar-refractivity contribution is 5.97. The zero-order valence-corrected chi connectivity index (χ0v) is 19.6. The summed E-state index contributed by atoms with van der Waals surface area (Å²) in [6.07, 6.45) is 1.54. The van der Waals surface area contributed by atoms with Gasteiger partial charge in [-0.2, -0.15) is 0 Å². The lowest BCUT2D eigenvalue weighted by atomic mass is 9.77. The second-order valence-electron chi connectivity index (χ2n) is 8.83. The number of benzene rings is 4. The van der Waals surface area contributed by atoms with Crippen LogP contribution in [0.5, 0.6) is 28.7 Å². The van der Waals surface area contributed by atoms with Crippen LogP contribution in [0.4, 0.5) is 0 Å². The Morgan fingerprint density at radius 3 is 2.38 bits per heavy atom. The van der Waals surface area contributed by atoms with E-state index in [0.29, 0.717) is 39.3 Å². The van der Waals surface area contributed by atoms with Crippen LogP contribution in [0.1, 0.15) is 39.5 Å². The highest BCUT2D eigenvalue weighted by Gasteiger charge is 2.53. The minimum atomic E-state index is -1.28. The molecule has 7 nitrogen and oxygen atoms in total. The van der Waals surface area contributed by atoms with Gasteiger partial charge in [0.2, 0.25) is 0 Å². The van der Waals surface area contributed by atoms with Crippen molar-refractivity contribution in [1.82, 2.24) is 0 Å². The van der Waals surface area contributed by atoms with Crippen LogP contribution < -0.4 is 9.47 Å². The van der Waals surface area contributed by atoms with Crippen LogP contribution in [0.25, 0.3) is 6.08 Å². The Morgan fingerprint density at radius 1 is 0.865 bits per heavy atom. The summed E-state index contributed by atoms with van der Waals surface area (Å²) in [6, 6.07) is 23.3. The zero-order valence-electron chi connectivity index (χ0n) is 19.6. The van der Waals surface area contributed by atoms with E-state index in [2.05, 4.69) is 0 Å². The minimum absolute atomic E-state index is 0.0116. The standard InChI is InChI=1S/C30H20O7/c1-17(14-18-6-2-5-9-25(18)32)28(33)35-20-11-13-24-27(16-20)36-26-15-19(31)10-12-23(26)30(24)22-8-4-3-7-21(22)29(34)37-30/h2-16,31-32H,1H3/b17-14+. The van der Waals surface area contributed by atoms with E-state index in [1.54, 1.807) is 61.5 Å². The number of aromatic hydroxyl groups is 2. The molecular formula is C30H20O7. The van der Waals surface area contributed by atoms with Crippen molar-refractivity contribution in [1.29, 1.82) is 0 Å². The molecule has 1 spiro atoms. The summed E-state index contributed by atoms with van der Waals surface area (Å²) in [5, 5.41) is 20.1. The van der Waals surface area contributed by atoms with Crippen molar-refractivity contribution in [2.24, 2.45) is 0 Å². The number of phenols is 2. The molecule has 182 valence electrons. The normalized spacial score (nSPS) is 17.3. The molecule has 0 amide bonds. The minimum Gasteiger partial charge on any atom is -0.508 e. The number of para-hydroxylation sites is 1. The number of rotatable bonds is 3. The third kappa shape index (κ3) is 3.51. The fourth-order valence-corrected chi connectivity index (χ4v) is 4.80. The second-order valence-corrected chi connectivity index (χ2v) is 8.83. The number of fused-ring (bicyclic) bond motifs is 6. The molecule has 2 heterocycles. The monoisotopic (exact) mass is 492 g/mol. The third-order valence-corrected chi connectivity index (χ3v) is 6.51. The number of hydrogen-bond acceptors (Lipinski definition) is 7. The van der Waals surface area contributed by atoms with Crippen LogP contribution in [-0.4, -0.2) is 22.2 Å². The lowest BCUT2D eigenvalue weighted by molar-refractivity contribution is -0.130. The summed E-state index contributed by atoms with van der Waals surface area (Å²) in [5.41, 5.74) is 1.72. The molecule has 4 aromatic rings. The maximum Gasteiger partial charge on any atom is 0.340 e. The largest absolute Gasteiger partial charge is 0.508 e. The first kappa shape index (κ1) is 22.4. The van der Waals surface area contributed by atoms with E-state index in [4.69, 9.17) is 14.2 Å². The zero-order chi connectivity index (χ0) is 25.7. The van der Waals surface area contributed by atoms with E-state index in [1.165, 1.54) is 24.3 Å². The molecule has 0 fully saturated rings. The van der Waals surface area contributed by atoms with Crippen LogP contribution in [0.2, 0.25) is 0 Å². The molecule has 0 saturated heterocycles. The Kier molecular flexibility index (Phi) is 5.01. The first-order valence-electron chi connectivity index (χ1n) is 11.5. The SMILES string of the molecule is C/C(=C\c1ccccc1O)C(=O)Oc1ccc2c(c1)Oc1cc(O)ccc1C21OC(=O)c2ccccc21. The fraction of sp³-hybridized carbons (Fsp3) is 0.0667. The Bertz CT molecular complexity index is 1640. The summed E-state index contributed by atoms with van der Waals surface area (Å²) in [5.74, 6) is -0.193. The van der Waals surface area contributed by atoms with Gasteiger partial charge < -0.3 is 24.4 Å². The van der Waals surface area contributed by atoms with Crippen LogP contribution >= 0.6 is 0 Å². The van der Waals surface area contributed by atoms with Gasteiger partial charge in [0.1, 0.15) is 28.7 Å². The van der Waals surface area contributed by atoms with Gasteiger partial charge in [0, 0.05) is 40.0 Å². The van der Waals surface area contributed by atoms with Gasteiger partial charge in [0.05, 0.1) is 5.56 Å². The quantitative estimate of drug-likeness (QED) is 0.216. The average Bonchev–Trinajstić information content (AvgIpc) is 3.18. The Morgan fingerprint density at radius 2 is 1.57 bits per heavy atom. The van der Waals surface area contributed by atoms with Crippen molar-refractivity contribution in [2.75, 3.05) is 0 Å². The molecule has 0 aromatic heterocycles. The molecule has 37 heavy (non-hydrogen) atoms. The van der Waals surface area contributed by atoms with Gasteiger partial charge >= 0.3 is 11.9 Å². The molecule has 0 bridgehead atoms. The van der Waals surface area contributed by atoms with Crippen molar-refractivity contribution in [3.05, 3.63) is 118 Å². The Hall–Kier alpha value is -5.04. The van der Waals surface area contributed by atoms with Gasteiger partial charge in [-0.3, -0.25) is 0 Å². The predicted octanol–water partition coefficient (Wildman–Crippen LogP) is 5.67. The van der Waals surface area contributed by atoms with Gasteiger partial charge in [0.15, 0.2) is 5.60 Å². The fourth-order valence-electron chi connectivity index (χ4n) is 4.80. The number of carbonyl (C=O) groups excluding carboxylic acids is 2. The molecule has 2 aliphatic rings. The van der Waals surface area contributed by atoms with E-state index >= 15 is 0 Å². The molecule has 2 aliphatic heterocycles. The Labute approximate surface area is 211 Å². The van der Waals surface area contributed by atoms with Crippen LogP contribution in [0, 0.1) is 0 Å². The summed E-state index contributed by atoms with van der Waals surface area (Å²) in [4.78, 5) is 25.7. The van der Waals surface area contributed by atoms with Gasteiger partial charge in [-0.15, -0.1) is 0 Å². The van der Waals surface area contributed by atoms with Crippen molar-refractivity contribution in [3.63, 3.8) is 0 Å². The van der Waals surface area contributed by atoms with E-state index in [9.17, 15) is 19.8 Å². The van der Waals surface area contributed by atoms with Crippen molar-refractivity contribution in [2.45, 2.75) is 12.5 Å². The molecule has 2 N–H and O–H groups in total. The molecule has 0 saturated carbocycles. The number of esters is 2. The number of ether oxygens (including phenoxy) is 3. The molecular weight excluding hydrogens is 472 g/mol. The first-order chi connectivity index (χ1) is 17.9. The van der Waals surface area contributed by atoms with Crippen LogP contribution in [0.3, 0.4) is 0 Å². The van der Waals surface area contributed by atoms with E-state index in [1.807, 2.05) is 12.1 Å². The summed E-state index contributed by atoms with van der Waals surface area (Å²) in [7, 11) is 0. The lowest BCUT2D eigenvalue weighted by Crippen LogP contribution is -2.33. The molecule has 0 aliphatic carbocycles. The maximum absolute atomic E-state index is 12.9. The van der Waals surface area contributed by atoms with Crippen molar-refractivity contribution >= 4 is 18.0 Å². The predicted molar refractivity (Wildman–Crippen MR) is 134 cm³/mol. The van der Waals surface area contributed by atoms with Gasteiger partial charge in [-0.25, -0.2) is 9.59 Å². The maximum atomic E-state index is 12.9. The number of carbonyl (C=O) groups is 2. The molecule has 1 atom stereocenters. The van der Waals surface area contributed by atoms with E-state index in [0.717, 1.165) is 0 Å². The van der Waals surface area contributed by atoms with E-state index in [-0.39, 0.29) is 22.8 Å². The number of hydrogen-bond donors (Lipinski definition) is 2. The van der Waals surface area contributed by atoms with Crippen molar-refractivity contribution in [3.8, 4) is 28.7 Å². The van der Waals surface area contributed by atoms with Gasteiger partial charge in [-0.1, -0.05) is 36.4 Å². The molecule has 0 radical (unpaired) electrons. The first-order valence-corrected chi connectivity index (χ1v) is 11.5. The van der Waals surface area contributed by atoms with Crippen molar-refractivity contribution < 1.29 is 34.0 Å². The summed E-state index contributed by atoms with van der Waals surface area (Å²) < 4.78 is 17.7. The topological polar surface area (TPSA) is 102 Å². The second kappa shape index (κ2) is 8.27. The smallest absolute Gasteiger partial charge is 0.340 e. The van der Waals surface area contributed by atoms with Crippen LogP contribution in [0.15, 0.2) is 90.5 Å². The van der Waals surface area contributed by atoms with E-state index < -0.39 is 17.5 Å². The lowest BCUT2D eigenvalue weighted by Gasteiger charge is -2.36. The molecule has 6 rings (SSSR count). The van der Waals surface area contributed by atoms with Crippen LogP contribution in [-0.2, 0) is 15.1 Å². The van der Waals surface area contributed by atoms with Gasteiger partial charge in [0.25, 0.3) is 0 Å². The molecule has 1 unspecified atom stereocenters. The highest BCUT2D eigenvalue weighted by Crippen LogP contribution is 2.56. The molecule has 7 heteroatoms. The third-order valence-electron chi connectivity index (χ3n) is 6.51. The molecule has 4 aromatic carbocycles. The summed E-state index contributed by atoms with van der Waals surface area (Å²) in [6.45, 7) is 1.59. The average molecular weight is 492 g/mol. The summed E-state index contributed by atoms with van der Waals surface area (Å²) >= 11 is 0. The number of phenolic OH excluding ortho intramolecular Hbond substituents is 2. The highest BCUT2D eigenvalue weighted by atomic mass is 16.6.